The molecule has 2 atom stereocenters. The van der Waals surface area contributed by atoms with Crippen LogP contribution < -0.4 is 5.32 Å². The van der Waals surface area contributed by atoms with E-state index in [2.05, 4.69) is 29.0 Å². The Morgan fingerprint density at radius 1 is 1.07 bits per heavy atom. The minimum Gasteiger partial charge on any atom is -0.357 e. The fourth-order valence-corrected chi connectivity index (χ4v) is 3.88. The predicted octanol–water partition coefficient (Wildman–Crippen LogP) is 2.64. The number of nitrogens with zero attached hydrogens (tertiary/aromatic N) is 4. The Morgan fingerprint density at radius 2 is 1.74 bits per heavy atom. The number of rotatable bonds is 5. The van der Waals surface area contributed by atoms with E-state index in [-0.39, 0.29) is 0 Å². The van der Waals surface area contributed by atoms with Crippen LogP contribution in [0, 0.1) is 5.92 Å². The molecule has 0 aromatic heterocycles. The average Bonchev–Trinajstić information content (AvgIpc) is 2.64. The monoisotopic (exact) mass is 391 g/mol. The number of hydrogen-bond donors (Lipinski definition) is 1. The number of likely N-dealkylation sites (tertiary alicyclic amines) is 1. The Hall–Kier alpha value is -1.02. The predicted molar refractivity (Wildman–Crippen MR) is 104 cm³/mol. The van der Waals surface area contributed by atoms with E-state index in [1.54, 1.807) is 0 Å². The Labute approximate surface area is 162 Å². The molecule has 1 N–H and O–H groups in total. The van der Waals surface area contributed by atoms with Crippen LogP contribution >= 0.6 is 0 Å². The van der Waals surface area contributed by atoms with Crippen LogP contribution in [0.15, 0.2) is 4.99 Å². The average molecular weight is 392 g/mol. The molecule has 0 aromatic rings. The van der Waals surface area contributed by atoms with Gasteiger partial charge in [0.1, 0.15) is 6.04 Å². The first-order valence-corrected chi connectivity index (χ1v) is 10.3. The Balaban J connectivity index is 1.90. The van der Waals surface area contributed by atoms with Gasteiger partial charge in [-0.25, -0.2) is 0 Å². The van der Waals surface area contributed by atoms with Gasteiger partial charge in [-0.3, -0.25) is 9.89 Å². The van der Waals surface area contributed by atoms with Gasteiger partial charge in [-0.1, -0.05) is 0 Å². The third kappa shape index (κ3) is 6.52. The highest BCUT2D eigenvalue weighted by Gasteiger charge is 2.41. The standard InChI is InChI=1S/C19H36F3N5/c1-5-23-18(24-13-17-7-6-8-27(14-17)15(2)3)26-11-9-25(10-12-26)16(4)19(20,21)22/h15-17H,5-14H2,1-4H3,(H,23,24). The Bertz CT molecular complexity index is 472. The molecule has 0 aromatic carbocycles. The van der Waals surface area contributed by atoms with Gasteiger partial charge in [0.05, 0.1) is 0 Å². The van der Waals surface area contributed by atoms with Crippen molar-refractivity contribution in [3.05, 3.63) is 0 Å². The third-order valence-corrected chi connectivity index (χ3v) is 5.75. The Kier molecular flexibility index (Phi) is 8.21. The second-order valence-electron chi connectivity index (χ2n) is 8.03. The number of hydrogen-bond acceptors (Lipinski definition) is 3. The van der Waals surface area contributed by atoms with Gasteiger partial charge in [-0.15, -0.1) is 0 Å². The second-order valence-corrected chi connectivity index (χ2v) is 8.03. The van der Waals surface area contributed by atoms with E-state index in [9.17, 15) is 13.2 Å². The number of aliphatic imine (C=N–C) groups is 1. The lowest BCUT2D eigenvalue weighted by molar-refractivity contribution is -0.181. The molecule has 0 aliphatic carbocycles. The van der Waals surface area contributed by atoms with Gasteiger partial charge in [-0.05, 0) is 53.0 Å². The first kappa shape index (κ1) is 22.3. The van der Waals surface area contributed by atoms with Crippen LogP contribution in [0.3, 0.4) is 0 Å². The van der Waals surface area contributed by atoms with Gasteiger partial charge >= 0.3 is 6.18 Å². The molecule has 5 nitrogen and oxygen atoms in total. The van der Waals surface area contributed by atoms with Crippen molar-refractivity contribution >= 4 is 5.96 Å². The number of piperazine rings is 1. The first-order valence-electron chi connectivity index (χ1n) is 10.3. The van der Waals surface area contributed by atoms with Crippen LogP contribution in [-0.4, -0.2) is 91.3 Å². The maximum Gasteiger partial charge on any atom is 0.403 e. The van der Waals surface area contributed by atoms with Crippen LogP contribution in [0.2, 0.25) is 0 Å². The van der Waals surface area contributed by atoms with E-state index in [4.69, 9.17) is 4.99 Å². The molecule has 0 bridgehead atoms. The topological polar surface area (TPSA) is 34.1 Å². The van der Waals surface area contributed by atoms with Gasteiger partial charge in [0.15, 0.2) is 5.96 Å². The van der Waals surface area contributed by atoms with Crippen molar-refractivity contribution in [2.75, 3.05) is 52.4 Å². The summed E-state index contributed by atoms with van der Waals surface area (Å²) in [5.41, 5.74) is 0. The molecule has 0 amide bonds. The van der Waals surface area contributed by atoms with Gasteiger partial charge in [-0.2, -0.15) is 13.2 Å². The highest BCUT2D eigenvalue weighted by molar-refractivity contribution is 5.80. The van der Waals surface area contributed by atoms with Crippen molar-refractivity contribution in [3.63, 3.8) is 0 Å². The summed E-state index contributed by atoms with van der Waals surface area (Å²) >= 11 is 0. The zero-order valence-electron chi connectivity index (χ0n) is 17.2. The van der Waals surface area contributed by atoms with E-state index in [0.717, 1.165) is 32.1 Å². The lowest BCUT2D eigenvalue weighted by Gasteiger charge is -2.40. The van der Waals surface area contributed by atoms with Crippen molar-refractivity contribution in [2.45, 2.75) is 58.8 Å². The molecule has 2 rings (SSSR count). The Morgan fingerprint density at radius 3 is 2.30 bits per heavy atom. The van der Waals surface area contributed by atoms with Crippen molar-refractivity contribution in [1.29, 1.82) is 0 Å². The number of halogens is 3. The maximum atomic E-state index is 12.9. The largest absolute Gasteiger partial charge is 0.403 e. The molecule has 2 fully saturated rings. The van der Waals surface area contributed by atoms with Crippen molar-refractivity contribution < 1.29 is 13.2 Å². The smallest absolute Gasteiger partial charge is 0.357 e. The zero-order valence-corrected chi connectivity index (χ0v) is 17.2. The van der Waals surface area contributed by atoms with Crippen LogP contribution in [0.5, 0.6) is 0 Å². The second kappa shape index (κ2) is 9.96. The number of piperidine rings is 1. The summed E-state index contributed by atoms with van der Waals surface area (Å²) in [7, 11) is 0. The minimum absolute atomic E-state index is 0.412. The lowest BCUT2D eigenvalue weighted by Crippen LogP contribution is -2.56. The van der Waals surface area contributed by atoms with Gasteiger partial charge in [0.25, 0.3) is 0 Å². The molecule has 8 heteroatoms. The molecule has 2 heterocycles. The van der Waals surface area contributed by atoms with Crippen LogP contribution in [0.25, 0.3) is 0 Å². The number of alkyl halides is 3. The van der Waals surface area contributed by atoms with Crippen molar-refractivity contribution in [3.8, 4) is 0 Å². The van der Waals surface area contributed by atoms with Crippen LogP contribution in [-0.2, 0) is 0 Å². The van der Waals surface area contributed by atoms with Crippen LogP contribution in [0.1, 0.15) is 40.5 Å². The summed E-state index contributed by atoms with van der Waals surface area (Å²) in [5.74, 6) is 1.40. The minimum atomic E-state index is -4.16. The van der Waals surface area contributed by atoms with Crippen molar-refractivity contribution in [1.82, 2.24) is 20.0 Å². The van der Waals surface area contributed by atoms with Gasteiger partial charge in [0, 0.05) is 51.9 Å². The van der Waals surface area contributed by atoms with Gasteiger partial charge in [0.2, 0.25) is 0 Å². The van der Waals surface area contributed by atoms with E-state index < -0.39 is 12.2 Å². The van der Waals surface area contributed by atoms with E-state index in [1.165, 1.54) is 24.7 Å². The molecule has 2 saturated heterocycles. The molecule has 2 unspecified atom stereocenters. The van der Waals surface area contributed by atoms with Crippen LogP contribution in [0.4, 0.5) is 13.2 Å². The summed E-state index contributed by atoms with van der Waals surface area (Å²) in [6, 6.07) is -0.822. The molecule has 0 spiro atoms. The molecule has 0 saturated carbocycles. The zero-order chi connectivity index (χ0) is 20.0. The van der Waals surface area contributed by atoms with Crippen molar-refractivity contribution in [2.24, 2.45) is 10.9 Å². The lowest BCUT2D eigenvalue weighted by atomic mass is 9.97. The van der Waals surface area contributed by atoms with E-state index >= 15 is 0 Å². The fourth-order valence-electron chi connectivity index (χ4n) is 3.88. The molecule has 158 valence electrons. The molecular weight excluding hydrogens is 355 g/mol. The molecule has 0 radical (unpaired) electrons. The van der Waals surface area contributed by atoms with Gasteiger partial charge < -0.3 is 15.1 Å². The van der Waals surface area contributed by atoms with E-state index in [1.807, 2.05) is 6.92 Å². The number of guanidine groups is 1. The molecule has 27 heavy (non-hydrogen) atoms. The summed E-state index contributed by atoms with van der Waals surface area (Å²) in [6.07, 6.45) is -1.75. The molecule has 2 aliphatic rings. The summed E-state index contributed by atoms with van der Waals surface area (Å²) in [5, 5.41) is 3.32. The summed E-state index contributed by atoms with van der Waals surface area (Å²) in [4.78, 5) is 11.0. The quantitative estimate of drug-likeness (QED) is 0.577. The third-order valence-electron chi connectivity index (χ3n) is 5.75. The highest BCUT2D eigenvalue weighted by atomic mass is 19.4. The molecule has 2 aliphatic heterocycles. The summed E-state index contributed by atoms with van der Waals surface area (Å²) in [6.45, 7) is 13.5. The number of nitrogens with one attached hydrogen (secondary N) is 1. The van der Waals surface area contributed by atoms with E-state index in [0.29, 0.717) is 38.1 Å². The normalized spacial score (nSPS) is 25.1. The highest BCUT2D eigenvalue weighted by Crippen LogP contribution is 2.25. The fraction of sp³-hybridized carbons (Fsp3) is 0.947. The maximum absolute atomic E-state index is 12.9. The SMILES string of the molecule is CCNC(=NCC1CCCN(C(C)C)C1)N1CCN(C(C)C(F)(F)F)CC1. The first-order chi connectivity index (χ1) is 12.7. The summed E-state index contributed by atoms with van der Waals surface area (Å²) < 4.78 is 38.8. The molecular formula is C19H36F3N5.